The molecule has 1 atom stereocenters. The van der Waals surface area contributed by atoms with Crippen molar-refractivity contribution in [1.29, 1.82) is 0 Å². The molecule has 11 heavy (non-hydrogen) atoms. The van der Waals surface area contributed by atoms with Crippen LogP contribution in [-0.2, 0) is 0 Å². The Balaban J connectivity index is 2.43. The van der Waals surface area contributed by atoms with Gasteiger partial charge >= 0.3 is 0 Å². The number of benzene rings is 1. The highest BCUT2D eigenvalue weighted by molar-refractivity contribution is 5.59. The van der Waals surface area contributed by atoms with Crippen LogP contribution < -0.4 is 10.1 Å². The summed E-state index contributed by atoms with van der Waals surface area (Å²) in [6.45, 7) is 1.87. The molecule has 1 aliphatic heterocycles. The number of nitrogens with one attached hydrogen (secondary N) is 1. The third-order valence-electron chi connectivity index (χ3n) is 1.61. The highest BCUT2D eigenvalue weighted by atomic mass is 19.1. The van der Waals surface area contributed by atoms with E-state index in [0.717, 1.165) is 5.69 Å². The lowest BCUT2D eigenvalue weighted by atomic mass is 10.3. The summed E-state index contributed by atoms with van der Waals surface area (Å²) in [6.07, 6.45) is -0.0493. The second kappa shape index (κ2) is 2.12. The lowest BCUT2D eigenvalue weighted by Crippen LogP contribution is -2.13. The molecule has 0 aliphatic carbocycles. The van der Waals surface area contributed by atoms with Gasteiger partial charge in [0.15, 0.2) is 6.23 Å². The van der Waals surface area contributed by atoms with Crippen LogP contribution in [-0.4, -0.2) is 6.23 Å². The quantitative estimate of drug-likeness (QED) is 0.615. The lowest BCUT2D eigenvalue weighted by Gasteiger charge is -2.00. The second-order valence-electron chi connectivity index (χ2n) is 2.54. The van der Waals surface area contributed by atoms with Crippen LogP contribution in [0.1, 0.15) is 6.92 Å². The van der Waals surface area contributed by atoms with Gasteiger partial charge in [0.05, 0.1) is 5.69 Å². The van der Waals surface area contributed by atoms with Crippen LogP contribution >= 0.6 is 0 Å². The largest absolute Gasteiger partial charge is 0.469 e. The number of fused-ring (bicyclic) bond motifs is 1. The van der Waals surface area contributed by atoms with E-state index in [2.05, 4.69) is 5.32 Å². The summed E-state index contributed by atoms with van der Waals surface area (Å²) in [5, 5.41) is 3.04. The highest BCUT2D eigenvalue weighted by Gasteiger charge is 2.17. The number of hydrogen-bond donors (Lipinski definition) is 1. The molecule has 1 aromatic carbocycles. The Kier molecular flexibility index (Phi) is 1.24. The molecule has 1 aromatic rings. The Labute approximate surface area is 64.0 Å². The molecule has 58 valence electrons. The minimum absolute atomic E-state index is 0.0493. The van der Waals surface area contributed by atoms with E-state index < -0.39 is 0 Å². The van der Waals surface area contributed by atoms with Crippen molar-refractivity contribution in [2.24, 2.45) is 0 Å². The first-order valence-electron chi connectivity index (χ1n) is 3.48. The molecular weight excluding hydrogens is 145 g/mol. The van der Waals surface area contributed by atoms with Crippen molar-refractivity contribution in [3.8, 4) is 5.75 Å². The van der Waals surface area contributed by atoms with Gasteiger partial charge in [-0.2, -0.15) is 0 Å². The first-order chi connectivity index (χ1) is 5.25. The van der Waals surface area contributed by atoms with E-state index in [4.69, 9.17) is 4.74 Å². The molecule has 0 amide bonds. The lowest BCUT2D eigenvalue weighted by molar-refractivity contribution is 0.274. The normalized spacial score (nSPS) is 20.4. The van der Waals surface area contributed by atoms with Crippen molar-refractivity contribution in [3.05, 3.63) is 24.0 Å². The Morgan fingerprint density at radius 2 is 2.36 bits per heavy atom. The maximum Gasteiger partial charge on any atom is 0.167 e. The fraction of sp³-hybridized carbons (Fsp3) is 0.250. The minimum Gasteiger partial charge on any atom is -0.469 e. The Hall–Kier alpha value is -1.25. The van der Waals surface area contributed by atoms with Gasteiger partial charge in [-0.15, -0.1) is 0 Å². The van der Waals surface area contributed by atoms with E-state index in [1.807, 2.05) is 6.92 Å². The van der Waals surface area contributed by atoms with Gasteiger partial charge < -0.3 is 10.1 Å². The topological polar surface area (TPSA) is 21.3 Å². The fourth-order valence-electron chi connectivity index (χ4n) is 1.15. The third kappa shape index (κ3) is 1.02. The maximum atomic E-state index is 12.6. The van der Waals surface area contributed by atoms with E-state index in [-0.39, 0.29) is 12.0 Å². The van der Waals surface area contributed by atoms with E-state index in [9.17, 15) is 4.39 Å². The van der Waals surface area contributed by atoms with E-state index in [0.29, 0.717) is 5.75 Å². The number of hydrogen-bond acceptors (Lipinski definition) is 2. The van der Waals surface area contributed by atoms with Crippen molar-refractivity contribution in [1.82, 2.24) is 0 Å². The summed E-state index contributed by atoms with van der Waals surface area (Å²) in [5.41, 5.74) is 0.860. The zero-order valence-corrected chi connectivity index (χ0v) is 6.10. The van der Waals surface area contributed by atoms with Gasteiger partial charge in [0, 0.05) is 6.07 Å². The molecule has 1 aliphatic rings. The molecule has 0 saturated carbocycles. The monoisotopic (exact) mass is 153 g/mol. The van der Waals surface area contributed by atoms with Gasteiger partial charge in [-0.25, -0.2) is 4.39 Å². The molecule has 1 heterocycles. The molecule has 0 aromatic heterocycles. The van der Waals surface area contributed by atoms with E-state index >= 15 is 0 Å². The van der Waals surface area contributed by atoms with Gasteiger partial charge in [0.2, 0.25) is 0 Å². The van der Waals surface area contributed by atoms with Crippen LogP contribution in [0, 0.1) is 5.82 Å². The molecule has 1 unspecified atom stereocenters. The van der Waals surface area contributed by atoms with Crippen LogP contribution in [0.2, 0.25) is 0 Å². The fourth-order valence-corrected chi connectivity index (χ4v) is 1.15. The molecule has 0 radical (unpaired) electrons. The molecule has 0 bridgehead atoms. The SMILES string of the molecule is CC1Nc2ccc(F)cc2O1. The van der Waals surface area contributed by atoms with Crippen molar-refractivity contribution < 1.29 is 9.13 Å². The highest BCUT2D eigenvalue weighted by Crippen LogP contribution is 2.31. The first kappa shape index (κ1) is 6.46. The second-order valence-corrected chi connectivity index (χ2v) is 2.54. The zero-order chi connectivity index (χ0) is 7.84. The summed E-state index contributed by atoms with van der Waals surface area (Å²) < 4.78 is 17.8. The van der Waals surface area contributed by atoms with Crippen LogP contribution in [0.25, 0.3) is 0 Å². The summed E-state index contributed by atoms with van der Waals surface area (Å²) in [5.74, 6) is 0.331. The number of anilines is 1. The van der Waals surface area contributed by atoms with Crippen LogP contribution in [0.4, 0.5) is 10.1 Å². The average molecular weight is 153 g/mol. The standard InChI is InChI=1S/C8H8FNO/c1-5-10-7-3-2-6(9)4-8(7)11-5/h2-5,10H,1H3. The van der Waals surface area contributed by atoms with Crippen LogP contribution in [0.15, 0.2) is 18.2 Å². The molecule has 2 rings (SSSR count). The average Bonchev–Trinajstić information content (AvgIpc) is 2.27. The minimum atomic E-state index is -0.264. The van der Waals surface area contributed by atoms with E-state index in [1.54, 1.807) is 6.07 Å². The van der Waals surface area contributed by atoms with E-state index in [1.165, 1.54) is 12.1 Å². The molecular formula is C8H8FNO. The van der Waals surface area contributed by atoms with Gasteiger partial charge in [-0.3, -0.25) is 0 Å². The summed E-state index contributed by atoms with van der Waals surface area (Å²) in [6, 6.07) is 4.47. The molecule has 0 spiro atoms. The smallest absolute Gasteiger partial charge is 0.167 e. The molecule has 0 fully saturated rings. The molecule has 1 N–H and O–H groups in total. The summed E-state index contributed by atoms with van der Waals surface area (Å²) in [4.78, 5) is 0. The van der Waals surface area contributed by atoms with Crippen molar-refractivity contribution in [2.45, 2.75) is 13.2 Å². The third-order valence-corrected chi connectivity index (χ3v) is 1.61. The summed E-state index contributed by atoms with van der Waals surface area (Å²) in [7, 11) is 0. The first-order valence-corrected chi connectivity index (χ1v) is 3.48. The van der Waals surface area contributed by atoms with Gasteiger partial charge in [0.1, 0.15) is 11.6 Å². The maximum absolute atomic E-state index is 12.6. The number of ether oxygens (including phenoxy) is 1. The zero-order valence-electron chi connectivity index (χ0n) is 6.10. The Morgan fingerprint density at radius 1 is 1.55 bits per heavy atom. The van der Waals surface area contributed by atoms with Crippen molar-refractivity contribution >= 4 is 5.69 Å². The van der Waals surface area contributed by atoms with Crippen molar-refractivity contribution in [2.75, 3.05) is 5.32 Å². The van der Waals surface area contributed by atoms with Gasteiger partial charge in [0.25, 0.3) is 0 Å². The van der Waals surface area contributed by atoms with Crippen LogP contribution in [0.5, 0.6) is 5.75 Å². The molecule has 2 nitrogen and oxygen atoms in total. The Bertz CT molecular complexity index is 287. The molecule has 0 saturated heterocycles. The molecule has 3 heteroatoms. The predicted octanol–water partition coefficient (Wildman–Crippen LogP) is 1.98. The predicted molar refractivity (Wildman–Crippen MR) is 40.1 cm³/mol. The summed E-state index contributed by atoms with van der Waals surface area (Å²) >= 11 is 0. The van der Waals surface area contributed by atoms with Gasteiger partial charge in [-0.05, 0) is 19.1 Å². The Morgan fingerprint density at radius 3 is 3.18 bits per heavy atom. The van der Waals surface area contributed by atoms with Crippen molar-refractivity contribution in [3.63, 3.8) is 0 Å². The van der Waals surface area contributed by atoms with Crippen LogP contribution in [0.3, 0.4) is 0 Å². The number of rotatable bonds is 0. The number of halogens is 1. The van der Waals surface area contributed by atoms with Gasteiger partial charge in [-0.1, -0.05) is 0 Å².